The fourth-order valence-corrected chi connectivity index (χ4v) is 3.34. The van der Waals surface area contributed by atoms with Gasteiger partial charge in [-0.15, -0.1) is 0 Å². The molecular weight excluding hydrogens is 422 g/mol. The zero-order chi connectivity index (χ0) is 24.4. The Bertz CT molecular complexity index is 1170. The molecule has 2 aromatic heterocycles. The van der Waals surface area contributed by atoms with Crippen LogP contribution in [0.15, 0.2) is 36.8 Å². The first-order valence-corrected chi connectivity index (χ1v) is 10.7. The van der Waals surface area contributed by atoms with Crippen LogP contribution in [0.2, 0.25) is 0 Å². The van der Waals surface area contributed by atoms with Gasteiger partial charge in [0.2, 0.25) is 0 Å². The number of rotatable bonds is 5. The van der Waals surface area contributed by atoms with E-state index in [1.165, 1.54) is 6.33 Å². The highest BCUT2D eigenvalue weighted by atomic mass is 16.6. The van der Waals surface area contributed by atoms with Crippen molar-refractivity contribution in [3.63, 3.8) is 0 Å². The number of esters is 1. The molecule has 0 aliphatic heterocycles. The second-order valence-corrected chi connectivity index (χ2v) is 9.77. The van der Waals surface area contributed by atoms with Crippen LogP contribution >= 0.6 is 0 Å². The van der Waals surface area contributed by atoms with Gasteiger partial charge in [-0.2, -0.15) is 0 Å². The van der Waals surface area contributed by atoms with Crippen LogP contribution in [0.3, 0.4) is 0 Å². The van der Waals surface area contributed by atoms with Gasteiger partial charge in [-0.1, -0.05) is 18.2 Å². The van der Waals surface area contributed by atoms with Crippen molar-refractivity contribution in [2.45, 2.75) is 65.8 Å². The highest BCUT2D eigenvalue weighted by molar-refractivity contribution is 6.01. The van der Waals surface area contributed by atoms with Crippen molar-refractivity contribution >= 4 is 28.9 Å². The number of benzene rings is 1. The maximum atomic E-state index is 12.4. The molecule has 0 saturated carbocycles. The first-order chi connectivity index (χ1) is 15.3. The molecule has 33 heavy (non-hydrogen) atoms. The summed E-state index contributed by atoms with van der Waals surface area (Å²) in [5, 5.41) is 3.41. The summed E-state index contributed by atoms with van der Waals surface area (Å²) >= 11 is 0. The van der Waals surface area contributed by atoms with Crippen LogP contribution in [0.4, 0.5) is 10.6 Å². The molecule has 0 unspecified atom stereocenters. The largest absolute Gasteiger partial charge is 0.459 e. The molecule has 3 aromatic rings. The summed E-state index contributed by atoms with van der Waals surface area (Å²) in [6.07, 6.45) is 2.70. The fraction of sp³-hybridized carbons (Fsp3) is 0.417. The molecule has 0 saturated heterocycles. The lowest BCUT2D eigenvalue weighted by molar-refractivity contribution is -0.155. The molecule has 9 heteroatoms. The zero-order valence-electron chi connectivity index (χ0n) is 19.9. The molecule has 0 radical (unpaired) electrons. The number of nitrogens with one attached hydrogen (secondary N) is 1. The number of nitrogen functional groups attached to an aromatic ring is 1. The van der Waals surface area contributed by atoms with E-state index in [9.17, 15) is 9.59 Å². The Morgan fingerprint density at radius 1 is 1.06 bits per heavy atom. The summed E-state index contributed by atoms with van der Waals surface area (Å²) in [6, 6.07) is 7.66. The van der Waals surface area contributed by atoms with Crippen LogP contribution in [0.25, 0.3) is 22.2 Å². The molecule has 0 aliphatic rings. The molecule has 1 amide bonds. The minimum atomic E-state index is -0.591. The number of nitrogens with zero attached hydrogens (tertiary/aromatic N) is 3. The lowest BCUT2D eigenvalue weighted by atomic mass is 10.0. The number of amides is 1. The number of alkyl carbamates (subject to hydrolysis) is 1. The summed E-state index contributed by atoms with van der Waals surface area (Å²) in [4.78, 5) is 32.9. The number of anilines is 1. The predicted octanol–water partition coefficient (Wildman–Crippen LogP) is 4.05. The summed E-state index contributed by atoms with van der Waals surface area (Å²) < 4.78 is 12.5. The lowest BCUT2D eigenvalue weighted by Gasteiger charge is -2.19. The Morgan fingerprint density at radius 3 is 2.42 bits per heavy atom. The van der Waals surface area contributed by atoms with Crippen LogP contribution in [0.1, 0.15) is 47.1 Å². The number of hydrogen-bond acceptors (Lipinski definition) is 7. The van der Waals surface area contributed by atoms with Gasteiger partial charge in [0.25, 0.3) is 0 Å². The molecule has 9 nitrogen and oxygen atoms in total. The number of aromatic nitrogens is 3. The average Bonchev–Trinajstić information content (AvgIpc) is 3.03. The Hall–Kier alpha value is -3.62. The van der Waals surface area contributed by atoms with E-state index in [1.807, 2.05) is 72.0 Å². The van der Waals surface area contributed by atoms with Gasteiger partial charge in [-0.3, -0.25) is 4.79 Å². The van der Waals surface area contributed by atoms with Gasteiger partial charge in [-0.05, 0) is 58.7 Å². The van der Waals surface area contributed by atoms with E-state index in [4.69, 9.17) is 15.2 Å². The molecule has 0 fully saturated rings. The number of hydrogen-bond donors (Lipinski definition) is 2. The number of carbonyl (C=O) groups is 2. The van der Waals surface area contributed by atoms with Gasteiger partial charge in [0, 0.05) is 18.3 Å². The summed E-state index contributed by atoms with van der Waals surface area (Å²) in [6.45, 7) is 11.2. The summed E-state index contributed by atoms with van der Waals surface area (Å²) in [7, 11) is 0. The minimum Gasteiger partial charge on any atom is -0.459 e. The molecule has 1 aromatic carbocycles. The SMILES string of the molecule is CC(C)(C)OC(=O)Cn1cc(-c2cccc(CNC(=O)OC(C)(C)C)c2)c2c(N)ncnc21. The average molecular weight is 454 g/mol. The highest BCUT2D eigenvalue weighted by Gasteiger charge is 2.21. The number of nitrogens with two attached hydrogens (primary N) is 1. The van der Waals surface area contributed by atoms with Crippen molar-refractivity contribution in [3.8, 4) is 11.1 Å². The molecule has 0 spiro atoms. The van der Waals surface area contributed by atoms with Gasteiger partial charge in [-0.25, -0.2) is 14.8 Å². The smallest absolute Gasteiger partial charge is 0.407 e. The van der Waals surface area contributed by atoms with Crippen LogP contribution < -0.4 is 11.1 Å². The van der Waals surface area contributed by atoms with E-state index in [1.54, 1.807) is 4.57 Å². The molecule has 176 valence electrons. The normalized spacial score (nSPS) is 11.9. The lowest BCUT2D eigenvalue weighted by Crippen LogP contribution is -2.32. The Morgan fingerprint density at radius 2 is 1.76 bits per heavy atom. The van der Waals surface area contributed by atoms with E-state index in [0.29, 0.717) is 23.4 Å². The zero-order valence-corrected chi connectivity index (χ0v) is 19.9. The molecular formula is C24H31N5O4. The molecule has 2 heterocycles. The van der Waals surface area contributed by atoms with Crippen molar-refractivity contribution < 1.29 is 19.1 Å². The van der Waals surface area contributed by atoms with Gasteiger partial charge >= 0.3 is 12.1 Å². The van der Waals surface area contributed by atoms with Crippen LogP contribution in [-0.4, -0.2) is 37.8 Å². The van der Waals surface area contributed by atoms with Crippen LogP contribution in [0.5, 0.6) is 0 Å². The van der Waals surface area contributed by atoms with Gasteiger partial charge < -0.3 is 25.1 Å². The predicted molar refractivity (Wildman–Crippen MR) is 126 cm³/mol. The molecule has 3 rings (SSSR count). The van der Waals surface area contributed by atoms with Crippen molar-refractivity contribution in [3.05, 3.63) is 42.4 Å². The molecule has 0 atom stereocenters. The number of fused-ring (bicyclic) bond motifs is 1. The highest BCUT2D eigenvalue weighted by Crippen LogP contribution is 2.33. The number of ether oxygens (including phenoxy) is 2. The van der Waals surface area contributed by atoms with Crippen molar-refractivity contribution in [1.29, 1.82) is 0 Å². The quantitative estimate of drug-likeness (QED) is 0.559. The van der Waals surface area contributed by atoms with Gasteiger partial charge in [0.1, 0.15) is 35.5 Å². The van der Waals surface area contributed by atoms with E-state index < -0.39 is 17.3 Å². The Kier molecular flexibility index (Phi) is 6.62. The Balaban J connectivity index is 1.90. The third-order valence-corrected chi connectivity index (χ3v) is 4.48. The third-order valence-electron chi connectivity index (χ3n) is 4.48. The number of carbonyl (C=O) groups excluding carboxylic acids is 2. The summed E-state index contributed by atoms with van der Waals surface area (Å²) in [5.41, 5.74) is 8.08. The second-order valence-electron chi connectivity index (χ2n) is 9.77. The maximum absolute atomic E-state index is 12.4. The van der Waals surface area contributed by atoms with Gasteiger partial charge in [0.05, 0.1) is 5.39 Å². The van der Waals surface area contributed by atoms with Crippen molar-refractivity contribution in [1.82, 2.24) is 19.9 Å². The standard InChI is InChI=1S/C24H31N5O4/c1-23(2,3)32-18(30)13-29-12-17(19-20(25)27-14-28-21(19)29)16-9-7-8-15(10-16)11-26-22(31)33-24(4,5)6/h7-10,12,14H,11,13H2,1-6H3,(H,26,31)(H2,25,27,28). The van der Waals surface area contributed by atoms with E-state index in [0.717, 1.165) is 16.7 Å². The van der Waals surface area contributed by atoms with Crippen LogP contribution in [-0.2, 0) is 27.4 Å². The molecule has 3 N–H and O–H groups in total. The minimum absolute atomic E-state index is 0.00981. The Labute approximate surface area is 193 Å². The first-order valence-electron chi connectivity index (χ1n) is 10.7. The van der Waals surface area contributed by atoms with E-state index in [2.05, 4.69) is 15.3 Å². The van der Waals surface area contributed by atoms with Crippen LogP contribution in [0, 0.1) is 0 Å². The molecule has 0 bridgehead atoms. The topological polar surface area (TPSA) is 121 Å². The van der Waals surface area contributed by atoms with Crippen molar-refractivity contribution in [2.75, 3.05) is 5.73 Å². The monoisotopic (exact) mass is 453 g/mol. The van der Waals surface area contributed by atoms with E-state index in [-0.39, 0.29) is 12.5 Å². The first kappa shape index (κ1) is 24.0. The third kappa shape index (κ3) is 6.44. The van der Waals surface area contributed by atoms with Crippen molar-refractivity contribution in [2.24, 2.45) is 0 Å². The van der Waals surface area contributed by atoms with E-state index >= 15 is 0 Å². The second kappa shape index (κ2) is 9.09. The van der Waals surface area contributed by atoms with Gasteiger partial charge in [0.15, 0.2) is 0 Å². The summed E-state index contributed by atoms with van der Waals surface area (Å²) in [5.74, 6) is -0.0614. The fourth-order valence-electron chi connectivity index (χ4n) is 3.34. The maximum Gasteiger partial charge on any atom is 0.407 e. The molecule has 0 aliphatic carbocycles.